The molecule has 0 aliphatic heterocycles. The number of aromatic nitrogens is 1. The van der Waals surface area contributed by atoms with Gasteiger partial charge in [0.1, 0.15) is 0 Å². The van der Waals surface area contributed by atoms with E-state index in [0.29, 0.717) is 17.4 Å². The SMILES string of the molecule is O=C(NCc1ccnc(OC(F)F)c1)N[C@@H]1[C@H](O)[C@@H]2CCC[C@@H]21. The van der Waals surface area contributed by atoms with Crippen molar-refractivity contribution in [2.75, 3.05) is 0 Å². The van der Waals surface area contributed by atoms with E-state index in [-0.39, 0.29) is 24.5 Å². The third kappa shape index (κ3) is 3.52. The number of fused-ring (bicyclic) bond motifs is 1. The largest absolute Gasteiger partial charge is 0.417 e. The molecule has 0 radical (unpaired) electrons. The van der Waals surface area contributed by atoms with E-state index < -0.39 is 12.7 Å². The maximum absolute atomic E-state index is 12.1. The summed E-state index contributed by atoms with van der Waals surface area (Å²) >= 11 is 0. The molecule has 2 aliphatic carbocycles. The van der Waals surface area contributed by atoms with Gasteiger partial charge in [-0.15, -0.1) is 0 Å². The maximum atomic E-state index is 12.1. The van der Waals surface area contributed by atoms with Crippen molar-refractivity contribution >= 4 is 6.03 Å². The molecule has 2 saturated carbocycles. The fourth-order valence-corrected chi connectivity index (χ4v) is 3.55. The smallest absolute Gasteiger partial charge is 0.388 e. The lowest BCUT2D eigenvalue weighted by molar-refractivity contribution is -0.0529. The number of amides is 2. The zero-order chi connectivity index (χ0) is 16.4. The van der Waals surface area contributed by atoms with Crippen LogP contribution >= 0.6 is 0 Å². The molecule has 8 heteroatoms. The molecule has 2 fully saturated rings. The first kappa shape index (κ1) is 15.9. The molecule has 1 aromatic rings. The molecule has 1 aromatic heterocycles. The van der Waals surface area contributed by atoms with Crippen LogP contribution in [-0.4, -0.2) is 34.9 Å². The number of hydrogen-bond acceptors (Lipinski definition) is 4. The highest BCUT2D eigenvalue weighted by Crippen LogP contribution is 2.47. The summed E-state index contributed by atoms with van der Waals surface area (Å²) in [6.07, 6.45) is 4.02. The molecule has 0 bridgehead atoms. The molecule has 2 aliphatic rings. The van der Waals surface area contributed by atoms with Crippen LogP contribution in [0.1, 0.15) is 24.8 Å². The van der Waals surface area contributed by atoms with Crippen molar-refractivity contribution in [3.8, 4) is 5.88 Å². The predicted octanol–water partition coefficient (Wildman–Crippen LogP) is 1.64. The summed E-state index contributed by atoms with van der Waals surface area (Å²) in [7, 11) is 0. The lowest BCUT2D eigenvalue weighted by atomic mass is 9.69. The summed E-state index contributed by atoms with van der Waals surface area (Å²) in [4.78, 5) is 15.6. The monoisotopic (exact) mass is 327 g/mol. The lowest BCUT2D eigenvalue weighted by Gasteiger charge is -2.46. The summed E-state index contributed by atoms with van der Waals surface area (Å²) in [5, 5.41) is 15.4. The Morgan fingerprint density at radius 2 is 2.22 bits per heavy atom. The van der Waals surface area contributed by atoms with Gasteiger partial charge in [0, 0.05) is 18.8 Å². The van der Waals surface area contributed by atoms with Gasteiger partial charge in [0.05, 0.1) is 12.1 Å². The van der Waals surface area contributed by atoms with Crippen molar-refractivity contribution in [3.63, 3.8) is 0 Å². The number of aliphatic hydroxyl groups excluding tert-OH is 1. The van der Waals surface area contributed by atoms with Crippen molar-refractivity contribution in [3.05, 3.63) is 23.9 Å². The van der Waals surface area contributed by atoms with E-state index in [0.717, 1.165) is 19.3 Å². The molecular formula is C15H19F2N3O3. The van der Waals surface area contributed by atoms with E-state index in [4.69, 9.17) is 0 Å². The van der Waals surface area contributed by atoms with Crippen molar-refractivity contribution in [1.29, 1.82) is 0 Å². The highest BCUT2D eigenvalue weighted by molar-refractivity contribution is 5.74. The van der Waals surface area contributed by atoms with Crippen LogP contribution in [0.3, 0.4) is 0 Å². The molecule has 0 unspecified atom stereocenters. The number of rotatable bonds is 5. The van der Waals surface area contributed by atoms with Gasteiger partial charge < -0.3 is 20.5 Å². The van der Waals surface area contributed by atoms with Crippen LogP contribution in [0.25, 0.3) is 0 Å². The number of aliphatic hydroxyl groups is 1. The average Bonchev–Trinajstić information content (AvgIpc) is 2.95. The Bertz CT molecular complexity index is 573. The molecule has 3 N–H and O–H groups in total. The fraction of sp³-hybridized carbons (Fsp3) is 0.600. The maximum Gasteiger partial charge on any atom is 0.388 e. The predicted molar refractivity (Wildman–Crippen MR) is 76.9 cm³/mol. The van der Waals surface area contributed by atoms with Gasteiger partial charge >= 0.3 is 12.6 Å². The Kier molecular flexibility index (Phi) is 4.61. The van der Waals surface area contributed by atoms with Crippen LogP contribution in [0.15, 0.2) is 18.3 Å². The van der Waals surface area contributed by atoms with Crippen molar-refractivity contribution in [2.24, 2.45) is 11.8 Å². The summed E-state index contributed by atoms with van der Waals surface area (Å²) in [6.45, 7) is -2.78. The summed E-state index contributed by atoms with van der Waals surface area (Å²) in [6, 6.07) is 2.37. The lowest BCUT2D eigenvalue weighted by Crippen LogP contribution is -2.62. The number of halogens is 2. The second-order valence-corrected chi connectivity index (χ2v) is 5.98. The molecule has 3 rings (SSSR count). The van der Waals surface area contributed by atoms with Crippen LogP contribution in [0, 0.1) is 11.8 Å². The highest BCUT2D eigenvalue weighted by Gasteiger charge is 2.52. The minimum atomic E-state index is -2.94. The second kappa shape index (κ2) is 6.66. The molecule has 4 atom stereocenters. The highest BCUT2D eigenvalue weighted by atomic mass is 19.3. The molecule has 2 amide bonds. The minimum Gasteiger partial charge on any atom is -0.417 e. The molecule has 0 spiro atoms. The summed E-state index contributed by atoms with van der Waals surface area (Å²) < 4.78 is 28.5. The van der Waals surface area contributed by atoms with Crippen LogP contribution in [0.4, 0.5) is 13.6 Å². The molecule has 126 valence electrons. The van der Waals surface area contributed by atoms with Crippen LogP contribution in [0.5, 0.6) is 5.88 Å². The quantitative estimate of drug-likeness (QED) is 0.768. The van der Waals surface area contributed by atoms with Crippen LogP contribution in [0.2, 0.25) is 0 Å². The zero-order valence-corrected chi connectivity index (χ0v) is 12.4. The van der Waals surface area contributed by atoms with E-state index in [1.54, 1.807) is 6.07 Å². The van der Waals surface area contributed by atoms with Gasteiger partial charge in [-0.25, -0.2) is 9.78 Å². The Hall–Kier alpha value is -1.96. The van der Waals surface area contributed by atoms with Gasteiger partial charge in [-0.3, -0.25) is 0 Å². The van der Waals surface area contributed by atoms with Gasteiger partial charge in [-0.05, 0) is 36.3 Å². The van der Waals surface area contributed by atoms with E-state index in [1.165, 1.54) is 12.3 Å². The molecule has 1 heterocycles. The van der Waals surface area contributed by atoms with Crippen LogP contribution in [-0.2, 0) is 6.54 Å². The van der Waals surface area contributed by atoms with Crippen molar-refractivity contribution < 1.29 is 23.4 Å². The molecule has 0 saturated heterocycles. The third-order valence-electron chi connectivity index (χ3n) is 4.65. The molecule has 23 heavy (non-hydrogen) atoms. The van der Waals surface area contributed by atoms with Gasteiger partial charge in [0.25, 0.3) is 0 Å². The Morgan fingerprint density at radius 1 is 1.43 bits per heavy atom. The van der Waals surface area contributed by atoms with Crippen molar-refractivity contribution in [2.45, 2.75) is 44.6 Å². The molecule has 0 aromatic carbocycles. The first-order valence-electron chi connectivity index (χ1n) is 7.67. The number of pyridine rings is 1. The second-order valence-electron chi connectivity index (χ2n) is 5.98. The van der Waals surface area contributed by atoms with Gasteiger partial charge in [0.2, 0.25) is 5.88 Å². The number of carbonyl (C=O) groups is 1. The number of alkyl halides is 2. The third-order valence-corrected chi connectivity index (χ3v) is 4.65. The fourth-order valence-electron chi connectivity index (χ4n) is 3.55. The standard InChI is InChI=1S/C15H19F2N3O3/c16-14(17)23-11-6-8(4-5-18-11)7-19-15(22)20-12-9-2-1-3-10(9)13(12)21/h4-6,9-10,12-14,21H,1-3,7H2,(H2,19,20,22)/t9-,10+,12-,13+/m0/s1. The van der Waals surface area contributed by atoms with E-state index in [9.17, 15) is 18.7 Å². The van der Waals surface area contributed by atoms with E-state index in [1.807, 2.05) is 0 Å². The number of nitrogens with one attached hydrogen (secondary N) is 2. The van der Waals surface area contributed by atoms with Crippen LogP contribution < -0.4 is 15.4 Å². The molecule has 6 nitrogen and oxygen atoms in total. The Balaban J connectivity index is 1.47. The number of hydrogen-bond donors (Lipinski definition) is 3. The first-order valence-corrected chi connectivity index (χ1v) is 7.67. The Labute approximate surface area is 132 Å². The van der Waals surface area contributed by atoms with E-state index >= 15 is 0 Å². The number of carbonyl (C=O) groups excluding carboxylic acids is 1. The normalized spacial score (nSPS) is 28.9. The summed E-state index contributed by atoms with van der Waals surface area (Å²) in [5.74, 6) is 0.486. The van der Waals surface area contributed by atoms with Gasteiger partial charge in [-0.2, -0.15) is 8.78 Å². The minimum absolute atomic E-state index is 0.158. The summed E-state index contributed by atoms with van der Waals surface area (Å²) in [5.41, 5.74) is 0.596. The topological polar surface area (TPSA) is 83.5 Å². The Morgan fingerprint density at radius 3 is 3.00 bits per heavy atom. The van der Waals surface area contributed by atoms with Crippen molar-refractivity contribution in [1.82, 2.24) is 15.6 Å². The molecular weight excluding hydrogens is 308 g/mol. The zero-order valence-electron chi connectivity index (χ0n) is 12.4. The van der Waals surface area contributed by atoms with Gasteiger partial charge in [0.15, 0.2) is 0 Å². The average molecular weight is 327 g/mol. The van der Waals surface area contributed by atoms with E-state index in [2.05, 4.69) is 20.4 Å². The number of nitrogens with zero attached hydrogens (tertiary/aromatic N) is 1. The first-order chi connectivity index (χ1) is 11.0. The number of ether oxygens (including phenoxy) is 1. The van der Waals surface area contributed by atoms with Gasteiger partial charge in [-0.1, -0.05) is 6.42 Å². The number of urea groups is 1.